The fourth-order valence-corrected chi connectivity index (χ4v) is 3.42. The SMILES string of the molecule is Cc1cc(C2=NOC(c3cc(Cl)c(F)c(Cl)c3)(C(F)(F)F)C2)ccc1C(=O)O. The van der Waals surface area contributed by atoms with Gasteiger partial charge in [-0.3, -0.25) is 0 Å². The minimum Gasteiger partial charge on any atom is -0.478 e. The fraction of sp³-hybridized carbons (Fsp3) is 0.222. The fourth-order valence-electron chi connectivity index (χ4n) is 2.93. The van der Waals surface area contributed by atoms with Crippen molar-refractivity contribution in [2.75, 3.05) is 0 Å². The van der Waals surface area contributed by atoms with Gasteiger partial charge in [0.05, 0.1) is 21.3 Å². The van der Waals surface area contributed by atoms with Crippen molar-refractivity contribution in [2.45, 2.75) is 25.1 Å². The molecule has 0 amide bonds. The Bertz CT molecular complexity index is 984. The number of hydrogen-bond donors (Lipinski definition) is 1. The summed E-state index contributed by atoms with van der Waals surface area (Å²) >= 11 is 11.3. The highest BCUT2D eigenvalue weighted by molar-refractivity contribution is 6.35. The van der Waals surface area contributed by atoms with Crippen LogP contribution in [0.5, 0.6) is 0 Å². The number of carboxylic acids is 1. The van der Waals surface area contributed by atoms with Crippen LogP contribution in [0, 0.1) is 12.7 Å². The van der Waals surface area contributed by atoms with Crippen molar-refractivity contribution in [3.63, 3.8) is 0 Å². The van der Waals surface area contributed by atoms with Crippen molar-refractivity contribution in [1.29, 1.82) is 0 Å². The van der Waals surface area contributed by atoms with E-state index >= 15 is 0 Å². The number of carbonyl (C=O) groups is 1. The molecule has 10 heteroatoms. The summed E-state index contributed by atoms with van der Waals surface area (Å²) < 4.78 is 55.5. The highest BCUT2D eigenvalue weighted by Gasteiger charge is 2.62. The van der Waals surface area contributed by atoms with Gasteiger partial charge in [-0.05, 0) is 42.3 Å². The van der Waals surface area contributed by atoms with Crippen molar-refractivity contribution in [3.8, 4) is 0 Å². The number of carboxylic acid groups (broad SMARTS) is 1. The molecule has 1 heterocycles. The molecule has 1 atom stereocenters. The average Bonchev–Trinajstić information content (AvgIpc) is 3.05. The van der Waals surface area contributed by atoms with Crippen LogP contribution in [0.25, 0.3) is 0 Å². The predicted octanol–water partition coefficient (Wildman–Crippen LogP) is 5.72. The highest BCUT2D eigenvalue weighted by Crippen LogP contribution is 2.50. The van der Waals surface area contributed by atoms with Gasteiger partial charge in [0.2, 0.25) is 0 Å². The molecule has 0 fully saturated rings. The van der Waals surface area contributed by atoms with Gasteiger partial charge < -0.3 is 9.94 Å². The Labute approximate surface area is 166 Å². The van der Waals surface area contributed by atoms with Crippen LogP contribution < -0.4 is 0 Å². The summed E-state index contributed by atoms with van der Waals surface area (Å²) in [6, 6.07) is 5.62. The number of aromatic carboxylic acids is 1. The van der Waals surface area contributed by atoms with Crippen molar-refractivity contribution in [1.82, 2.24) is 0 Å². The molecule has 1 aliphatic rings. The molecular formula is C18H11Cl2F4NO3. The minimum atomic E-state index is -4.92. The quantitative estimate of drug-likeness (QED) is 0.495. The van der Waals surface area contributed by atoms with Crippen molar-refractivity contribution >= 4 is 34.9 Å². The van der Waals surface area contributed by atoms with E-state index in [9.17, 15) is 22.4 Å². The summed E-state index contributed by atoms with van der Waals surface area (Å²) in [6.45, 7) is 1.51. The van der Waals surface area contributed by atoms with E-state index in [-0.39, 0.29) is 16.8 Å². The van der Waals surface area contributed by atoms with E-state index in [1.165, 1.54) is 25.1 Å². The summed E-state index contributed by atoms with van der Waals surface area (Å²) in [4.78, 5) is 15.9. The molecule has 0 radical (unpaired) electrons. The lowest BCUT2D eigenvalue weighted by molar-refractivity contribution is -0.275. The second-order valence-electron chi connectivity index (χ2n) is 6.22. The number of nitrogens with zero attached hydrogens (tertiary/aromatic N) is 1. The average molecular weight is 436 g/mol. The molecule has 28 heavy (non-hydrogen) atoms. The first-order chi connectivity index (χ1) is 13.0. The Morgan fingerprint density at radius 3 is 2.32 bits per heavy atom. The first kappa shape index (κ1) is 20.4. The molecule has 0 aromatic heterocycles. The smallest absolute Gasteiger partial charge is 0.435 e. The van der Waals surface area contributed by atoms with E-state index in [0.717, 1.165) is 12.1 Å². The normalized spacial score (nSPS) is 19.3. The standard InChI is InChI=1S/C18H11Cl2F4NO3/c1-8-4-9(2-3-11(8)16(26)27)14-7-17(28-25-14,18(22,23)24)10-5-12(19)15(21)13(20)6-10/h2-6H,7H2,1H3,(H,26,27). The van der Waals surface area contributed by atoms with Gasteiger partial charge in [0.1, 0.15) is 0 Å². The zero-order chi connectivity index (χ0) is 20.9. The van der Waals surface area contributed by atoms with Gasteiger partial charge in [-0.2, -0.15) is 13.2 Å². The van der Waals surface area contributed by atoms with Crippen LogP contribution in [-0.4, -0.2) is 23.0 Å². The summed E-state index contributed by atoms with van der Waals surface area (Å²) in [5, 5.41) is 11.5. The third kappa shape index (κ3) is 3.31. The number of halogens is 6. The van der Waals surface area contributed by atoms with Gasteiger partial charge >= 0.3 is 12.1 Å². The zero-order valence-corrected chi connectivity index (χ0v) is 15.6. The molecule has 0 bridgehead atoms. The molecular weight excluding hydrogens is 425 g/mol. The van der Waals surface area contributed by atoms with Crippen LogP contribution in [0.3, 0.4) is 0 Å². The van der Waals surface area contributed by atoms with Crippen LogP contribution in [0.15, 0.2) is 35.5 Å². The predicted molar refractivity (Wildman–Crippen MR) is 94.5 cm³/mol. The summed E-state index contributed by atoms with van der Waals surface area (Å²) in [6.07, 6.45) is -5.64. The number of alkyl halides is 3. The lowest BCUT2D eigenvalue weighted by atomic mass is 9.86. The molecule has 0 spiro atoms. The van der Waals surface area contributed by atoms with Gasteiger partial charge in [-0.1, -0.05) is 34.4 Å². The summed E-state index contributed by atoms with van der Waals surface area (Å²) in [7, 11) is 0. The van der Waals surface area contributed by atoms with E-state index in [1.807, 2.05) is 0 Å². The van der Waals surface area contributed by atoms with Crippen molar-refractivity contribution in [3.05, 3.63) is 68.4 Å². The molecule has 2 aromatic carbocycles. The van der Waals surface area contributed by atoms with Crippen LogP contribution in [-0.2, 0) is 10.4 Å². The minimum absolute atomic E-state index is 0.0162. The first-order valence-corrected chi connectivity index (χ1v) is 8.53. The molecule has 2 aromatic rings. The Morgan fingerprint density at radius 1 is 1.21 bits per heavy atom. The molecule has 0 aliphatic carbocycles. The third-order valence-corrected chi connectivity index (χ3v) is 4.98. The lowest BCUT2D eigenvalue weighted by Gasteiger charge is -2.29. The maximum atomic E-state index is 13.9. The maximum absolute atomic E-state index is 13.9. The van der Waals surface area contributed by atoms with E-state index in [4.69, 9.17) is 33.1 Å². The molecule has 148 valence electrons. The molecule has 3 rings (SSSR count). The zero-order valence-electron chi connectivity index (χ0n) is 14.1. The van der Waals surface area contributed by atoms with Crippen molar-refractivity contribution < 1.29 is 32.3 Å². The van der Waals surface area contributed by atoms with Crippen LogP contribution in [0.2, 0.25) is 10.0 Å². The molecule has 1 N–H and O–H groups in total. The third-order valence-electron chi connectivity index (χ3n) is 4.43. The van der Waals surface area contributed by atoms with Crippen LogP contribution >= 0.6 is 23.2 Å². The van der Waals surface area contributed by atoms with Crippen LogP contribution in [0.4, 0.5) is 17.6 Å². The van der Waals surface area contributed by atoms with E-state index in [1.54, 1.807) is 0 Å². The number of hydrogen-bond acceptors (Lipinski definition) is 3. The Hall–Kier alpha value is -2.32. The lowest BCUT2D eigenvalue weighted by Crippen LogP contribution is -2.42. The maximum Gasteiger partial charge on any atom is 0.435 e. The first-order valence-electron chi connectivity index (χ1n) is 7.77. The van der Waals surface area contributed by atoms with E-state index < -0.39 is 45.6 Å². The monoisotopic (exact) mass is 435 g/mol. The number of benzene rings is 2. The van der Waals surface area contributed by atoms with Gasteiger partial charge in [0.15, 0.2) is 5.82 Å². The second kappa shape index (κ2) is 6.93. The number of aryl methyl sites for hydroxylation is 1. The second-order valence-corrected chi connectivity index (χ2v) is 7.03. The van der Waals surface area contributed by atoms with Gasteiger partial charge in [-0.15, -0.1) is 0 Å². The summed E-state index contributed by atoms with van der Waals surface area (Å²) in [5.41, 5.74) is -2.80. The van der Waals surface area contributed by atoms with Crippen LogP contribution in [0.1, 0.15) is 33.5 Å². The van der Waals surface area contributed by atoms with Gasteiger partial charge in [0.25, 0.3) is 5.60 Å². The molecule has 0 saturated carbocycles. The molecule has 0 saturated heterocycles. The number of oxime groups is 1. The number of rotatable bonds is 3. The highest BCUT2D eigenvalue weighted by atomic mass is 35.5. The topological polar surface area (TPSA) is 58.9 Å². The largest absolute Gasteiger partial charge is 0.478 e. The molecule has 1 unspecified atom stereocenters. The van der Waals surface area contributed by atoms with Gasteiger partial charge in [0, 0.05) is 12.0 Å². The molecule has 1 aliphatic heterocycles. The van der Waals surface area contributed by atoms with E-state index in [0.29, 0.717) is 5.56 Å². The Balaban J connectivity index is 2.04. The Kier molecular flexibility index (Phi) is 5.05. The Morgan fingerprint density at radius 2 is 1.82 bits per heavy atom. The molecule has 4 nitrogen and oxygen atoms in total. The van der Waals surface area contributed by atoms with E-state index in [2.05, 4.69) is 5.16 Å². The van der Waals surface area contributed by atoms with Crippen molar-refractivity contribution in [2.24, 2.45) is 5.16 Å². The van der Waals surface area contributed by atoms with Gasteiger partial charge in [-0.25, -0.2) is 9.18 Å². The summed E-state index contributed by atoms with van der Waals surface area (Å²) in [5.74, 6) is -2.20.